The molecule has 1 saturated heterocycles. The molecule has 6 heteroatoms. The Balaban J connectivity index is 1.50. The van der Waals surface area contributed by atoms with Crippen molar-refractivity contribution in [3.05, 3.63) is 58.9 Å². The number of piperidine rings is 1. The Kier molecular flexibility index (Phi) is 5.54. The van der Waals surface area contributed by atoms with Gasteiger partial charge < -0.3 is 14.5 Å². The summed E-state index contributed by atoms with van der Waals surface area (Å²) in [5.74, 6) is 0.575. The number of hydrogen-bond donors (Lipinski definition) is 0. The summed E-state index contributed by atoms with van der Waals surface area (Å²) in [6.07, 6.45) is 2.77. The van der Waals surface area contributed by atoms with Crippen molar-refractivity contribution in [3.8, 4) is 5.75 Å². The zero-order valence-corrected chi connectivity index (χ0v) is 17.6. The Morgan fingerprint density at radius 1 is 1.14 bits per heavy atom. The van der Waals surface area contributed by atoms with Gasteiger partial charge in [-0.2, -0.15) is 0 Å². The maximum absolute atomic E-state index is 13.8. The SMILES string of the molecule is COc1cc(C)ccc1C(=S)N1CCC(N2C(=O)CCc3ccc(F)cc32)CC1. The van der Waals surface area contributed by atoms with Crippen molar-refractivity contribution in [2.24, 2.45) is 0 Å². The first-order chi connectivity index (χ1) is 14.0. The number of aryl methyl sites for hydroxylation is 2. The van der Waals surface area contributed by atoms with E-state index < -0.39 is 0 Å². The molecule has 1 fully saturated rings. The van der Waals surface area contributed by atoms with Crippen LogP contribution in [0.5, 0.6) is 5.75 Å². The van der Waals surface area contributed by atoms with Crippen LogP contribution in [0.1, 0.15) is 36.0 Å². The van der Waals surface area contributed by atoms with Gasteiger partial charge in [0.1, 0.15) is 16.6 Å². The normalized spacial score (nSPS) is 17.3. The Bertz CT molecular complexity index is 954. The Morgan fingerprint density at radius 2 is 1.90 bits per heavy atom. The number of carbonyl (C=O) groups is 1. The summed E-state index contributed by atoms with van der Waals surface area (Å²) in [4.78, 5) is 17.5. The first-order valence-electron chi connectivity index (χ1n) is 10.0. The van der Waals surface area contributed by atoms with Crippen LogP contribution in [0.4, 0.5) is 10.1 Å². The quantitative estimate of drug-likeness (QED) is 0.705. The maximum atomic E-state index is 13.8. The van der Waals surface area contributed by atoms with Crippen LogP contribution in [-0.4, -0.2) is 42.0 Å². The van der Waals surface area contributed by atoms with Gasteiger partial charge in [-0.25, -0.2) is 4.39 Å². The molecule has 0 saturated carbocycles. The van der Waals surface area contributed by atoms with Crippen molar-refractivity contribution in [2.75, 3.05) is 25.1 Å². The molecule has 0 radical (unpaired) electrons. The third kappa shape index (κ3) is 3.86. The van der Waals surface area contributed by atoms with Gasteiger partial charge in [-0.1, -0.05) is 24.4 Å². The maximum Gasteiger partial charge on any atom is 0.227 e. The number of nitrogens with zero attached hydrogens (tertiary/aromatic N) is 2. The van der Waals surface area contributed by atoms with E-state index in [1.807, 2.05) is 30.0 Å². The zero-order valence-electron chi connectivity index (χ0n) is 16.8. The summed E-state index contributed by atoms with van der Waals surface area (Å²) in [5.41, 5.74) is 3.84. The van der Waals surface area contributed by atoms with Crippen LogP contribution in [0.2, 0.25) is 0 Å². The van der Waals surface area contributed by atoms with Crippen LogP contribution in [0.15, 0.2) is 36.4 Å². The fourth-order valence-electron chi connectivity index (χ4n) is 4.34. The van der Waals surface area contributed by atoms with Gasteiger partial charge in [-0.3, -0.25) is 4.79 Å². The number of halogens is 1. The molecule has 1 amide bonds. The number of thiocarbonyl (C=S) groups is 1. The van der Waals surface area contributed by atoms with Crippen molar-refractivity contribution in [2.45, 2.75) is 38.6 Å². The lowest BCUT2D eigenvalue weighted by atomic mass is 9.95. The fraction of sp³-hybridized carbons (Fsp3) is 0.391. The van der Waals surface area contributed by atoms with E-state index in [4.69, 9.17) is 17.0 Å². The van der Waals surface area contributed by atoms with Crippen molar-refractivity contribution >= 4 is 28.8 Å². The highest BCUT2D eigenvalue weighted by atomic mass is 32.1. The molecule has 29 heavy (non-hydrogen) atoms. The highest BCUT2D eigenvalue weighted by Gasteiger charge is 2.33. The van der Waals surface area contributed by atoms with Crippen molar-refractivity contribution in [1.29, 1.82) is 0 Å². The third-order valence-corrected chi connectivity index (χ3v) is 6.37. The number of benzene rings is 2. The topological polar surface area (TPSA) is 32.8 Å². The molecular formula is C23H25FN2O2S. The molecule has 0 aliphatic carbocycles. The van der Waals surface area contributed by atoms with Gasteiger partial charge in [0.05, 0.1) is 18.4 Å². The molecule has 2 aromatic carbocycles. The van der Waals surface area contributed by atoms with E-state index >= 15 is 0 Å². The molecular weight excluding hydrogens is 387 g/mol. The van der Waals surface area contributed by atoms with Crippen molar-refractivity contribution < 1.29 is 13.9 Å². The first kappa shape index (κ1) is 19.8. The minimum Gasteiger partial charge on any atom is -0.496 e. The fourth-order valence-corrected chi connectivity index (χ4v) is 4.69. The predicted molar refractivity (Wildman–Crippen MR) is 116 cm³/mol. The number of amides is 1. The monoisotopic (exact) mass is 412 g/mol. The van der Waals surface area contributed by atoms with Crippen molar-refractivity contribution in [3.63, 3.8) is 0 Å². The standard InChI is InChI=1S/C23H25FN2O2S/c1-15-3-7-19(21(13-15)28-2)23(29)25-11-9-18(10-12-25)26-20-14-17(24)6-4-16(20)5-8-22(26)27/h3-4,6-7,13-14,18H,5,8-12H2,1-2H3. The number of carbonyl (C=O) groups excluding carboxylic acids is 1. The zero-order chi connectivity index (χ0) is 20.5. The molecule has 0 N–H and O–H groups in total. The largest absolute Gasteiger partial charge is 0.496 e. The molecule has 0 aromatic heterocycles. The Hall–Kier alpha value is -2.47. The highest BCUT2D eigenvalue weighted by molar-refractivity contribution is 7.80. The molecule has 2 aliphatic heterocycles. The van der Waals surface area contributed by atoms with Crippen LogP contribution in [0, 0.1) is 12.7 Å². The highest BCUT2D eigenvalue weighted by Crippen LogP contribution is 2.33. The molecule has 0 atom stereocenters. The van der Waals surface area contributed by atoms with E-state index in [0.717, 1.165) is 59.0 Å². The molecule has 152 valence electrons. The van der Waals surface area contributed by atoms with E-state index in [1.165, 1.54) is 12.1 Å². The minimum absolute atomic E-state index is 0.0716. The number of methoxy groups -OCH3 is 1. The second-order valence-corrected chi connectivity index (χ2v) is 8.15. The van der Waals surface area contributed by atoms with E-state index in [-0.39, 0.29) is 17.8 Å². The summed E-state index contributed by atoms with van der Waals surface area (Å²) >= 11 is 5.75. The molecule has 2 heterocycles. The Labute approximate surface area is 176 Å². The van der Waals surface area contributed by atoms with E-state index in [1.54, 1.807) is 13.2 Å². The average Bonchev–Trinajstić information content (AvgIpc) is 2.73. The smallest absolute Gasteiger partial charge is 0.227 e. The minimum atomic E-state index is -0.298. The number of likely N-dealkylation sites (tertiary alicyclic amines) is 1. The van der Waals surface area contributed by atoms with Gasteiger partial charge in [-0.15, -0.1) is 0 Å². The van der Waals surface area contributed by atoms with Gasteiger partial charge in [0.2, 0.25) is 5.91 Å². The first-order valence-corrected chi connectivity index (χ1v) is 10.4. The Morgan fingerprint density at radius 3 is 2.62 bits per heavy atom. The number of hydrogen-bond acceptors (Lipinski definition) is 3. The van der Waals surface area contributed by atoms with Crippen LogP contribution in [-0.2, 0) is 11.2 Å². The predicted octanol–water partition coefficient (Wildman–Crippen LogP) is 4.26. The second kappa shape index (κ2) is 8.11. The lowest BCUT2D eigenvalue weighted by molar-refractivity contribution is -0.119. The van der Waals surface area contributed by atoms with Gasteiger partial charge in [-0.05, 0) is 61.6 Å². The van der Waals surface area contributed by atoms with Gasteiger partial charge in [0.25, 0.3) is 0 Å². The molecule has 0 unspecified atom stereocenters. The number of fused-ring (bicyclic) bond motifs is 1. The average molecular weight is 413 g/mol. The summed E-state index contributed by atoms with van der Waals surface area (Å²) in [6, 6.07) is 10.9. The van der Waals surface area contributed by atoms with Crippen LogP contribution in [0.3, 0.4) is 0 Å². The number of ether oxygens (including phenoxy) is 1. The van der Waals surface area contributed by atoms with Crippen LogP contribution in [0.25, 0.3) is 0 Å². The van der Waals surface area contributed by atoms with Crippen molar-refractivity contribution in [1.82, 2.24) is 4.90 Å². The molecule has 4 rings (SSSR count). The van der Waals surface area contributed by atoms with E-state index in [0.29, 0.717) is 12.8 Å². The second-order valence-electron chi connectivity index (χ2n) is 7.76. The van der Waals surface area contributed by atoms with Gasteiger partial charge in [0.15, 0.2) is 0 Å². The lowest BCUT2D eigenvalue weighted by Gasteiger charge is -2.41. The summed E-state index contributed by atoms with van der Waals surface area (Å²) in [7, 11) is 1.66. The number of anilines is 1. The van der Waals surface area contributed by atoms with Crippen LogP contribution < -0.4 is 9.64 Å². The van der Waals surface area contributed by atoms with Gasteiger partial charge in [0, 0.05) is 25.6 Å². The molecule has 4 nitrogen and oxygen atoms in total. The summed E-state index contributed by atoms with van der Waals surface area (Å²) in [6.45, 7) is 3.54. The summed E-state index contributed by atoms with van der Waals surface area (Å²) in [5, 5.41) is 0. The van der Waals surface area contributed by atoms with Gasteiger partial charge >= 0.3 is 0 Å². The number of rotatable bonds is 3. The van der Waals surface area contributed by atoms with E-state index in [2.05, 4.69) is 4.90 Å². The third-order valence-electron chi connectivity index (χ3n) is 5.89. The molecule has 2 aromatic rings. The van der Waals surface area contributed by atoms with Crippen LogP contribution >= 0.6 is 12.2 Å². The molecule has 0 spiro atoms. The molecule has 0 bridgehead atoms. The van der Waals surface area contributed by atoms with E-state index in [9.17, 15) is 9.18 Å². The lowest BCUT2D eigenvalue weighted by Crippen LogP contribution is -2.50. The summed E-state index contributed by atoms with van der Waals surface area (Å²) < 4.78 is 19.4. The molecule has 2 aliphatic rings.